The minimum atomic E-state index is -0.337. The zero-order valence-corrected chi connectivity index (χ0v) is 15.4. The van der Waals surface area contributed by atoms with Gasteiger partial charge in [-0.25, -0.2) is 9.07 Å². The fourth-order valence-electron chi connectivity index (χ4n) is 2.97. The normalized spacial score (nSPS) is 12.0. The lowest BCUT2D eigenvalue weighted by Gasteiger charge is -2.08. The highest BCUT2D eigenvalue weighted by atomic mass is 19.1. The van der Waals surface area contributed by atoms with Crippen molar-refractivity contribution in [1.82, 2.24) is 9.78 Å². The topological polar surface area (TPSA) is 82.5 Å². The molecule has 29 heavy (non-hydrogen) atoms. The first-order chi connectivity index (χ1) is 14.1. The molecule has 2 heterocycles. The van der Waals surface area contributed by atoms with Crippen LogP contribution < -0.4 is 20.3 Å². The maximum Gasteiger partial charge on any atom is 0.266 e. The number of halogens is 1. The Balaban J connectivity index is 1.35. The molecule has 1 aromatic heterocycles. The third-order valence-electron chi connectivity index (χ3n) is 4.44. The van der Waals surface area contributed by atoms with Crippen LogP contribution in [0.15, 0.2) is 59.4 Å². The summed E-state index contributed by atoms with van der Waals surface area (Å²) in [7, 11) is 0. The van der Waals surface area contributed by atoms with Crippen LogP contribution in [0.4, 0.5) is 10.1 Å². The summed E-state index contributed by atoms with van der Waals surface area (Å²) in [6, 6.07) is 14.1. The van der Waals surface area contributed by atoms with E-state index in [-0.39, 0.29) is 30.5 Å². The van der Waals surface area contributed by atoms with Gasteiger partial charge in [0, 0.05) is 36.3 Å². The van der Waals surface area contributed by atoms with E-state index in [0.29, 0.717) is 41.4 Å². The number of carbonyl (C=O) groups is 1. The number of aryl methyl sites for hydroxylation is 1. The van der Waals surface area contributed by atoms with Gasteiger partial charge in [-0.3, -0.25) is 9.59 Å². The predicted octanol–water partition coefficient (Wildman–Crippen LogP) is 3.20. The van der Waals surface area contributed by atoms with E-state index < -0.39 is 0 Å². The molecule has 0 spiro atoms. The smallest absolute Gasteiger partial charge is 0.266 e. The molecule has 0 saturated carbocycles. The number of nitrogens with one attached hydrogen (secondary N) is 1. The van der Waals surface area contributed by atoms with Crippen molar-refractivity contribution in [3.63, 3.8) is 0 Å². The third-order valence-corrected chi connectivity index (χ3v) is 4.44. The largest absolute Gasteiger partial charge is 0.454 e. The predicted molar refractivity (Wildman–Crippen MR) is 104 cm³/mol. The van der Waals surface area contributed by atoms with Gasteiger partial charge in [-0.2, -0.15) is 5.10 Å². The molecular formula is C21H18FN3O4. The van der Waals surface area contributed by atoms with Gasteiger partial charge in [-0.15, -0.1) is 0 Å². The molecule has 0 radical (unpaired) electrons. The summed E-state index contributed by atoms with van der Waals surface area (Å²) in [5, 5.41) is 7.11. The summed E-state index contributed by atoms with van der Waals surface area (Å²) < 4.78 is 24.9. The number of aromatic nitrogens is 2. The lowest BCUT2D eigenvalue weighted by molar-refractivity contribution is -0.116. The molecule has 4 rings (SSSR count). The van der Waals surface area contributed by atoms with Crippen molar-refractivity contribution in [3.05, 3.63) is 70.8 Å². The van der Waals surface area contributed by atoms with E-state index in [2.05, 4.69) is 10.4 Å². The number of hydrogen-bond donors (Lipinski definition) is 1. The molecule has 7 nitrogen and oxygen atoms in total. The Bertz CT molecular complexity index is 1100. The molecule has 0 bridgehead atoms. The average molecular weight is 395 g/mol. The second kappa shape index (κ2) is 8.14. The van der Waals surface area contributed by atoms with Crippen LogP contribution >= 0.6 is 0 Å². The first-order valence-electron chi connectivity index (χ1n) is 9.12. The van der Waals surface area contributed by atoms with Crippen molar-refractivity contribution in [2.45, 2.75) is 19.4 Å². The Morgan fingerprint density at radius 3 is 2.69 bits per heavy atom. The summed E-state index contributed by atoms with van der Waals surface area (Å²) in [5.74, 6) is 0.729. The number of fused-ring (bicyclic) bond motifs is 1. The molecule has 0 atom stereocenters. The van der Waals surface area contributed by atoms with E-state index in [1.165, 1.54) is 22.9 Å². The van der Waals surface area contributed by atoms with Crippen LogP contribution in [0.2, 0.25) is 0 Å². The summed E-state index contributed by atoms with van der Waals surface area (Å²) in [6.07, 6.45) is 0.666. The minimum Gasteiger partial charge on any atom is -0.454 e. The third kappa shape index (κ3) is 4.43. The molecule has 1 N–H and O–H groups in total. The highest BCUT2D eigenvalue weighted by Gasteiger charge is 2.14. The summed E-state index contributed by atoms with van der Waals surface area (Å²) in [4.78, 5) is 24.2. The van der Waals surface area contributed by atoms with Crippen molar-refractivity contribution in [3.8, 4) is 22.8 Å². The van der Waals surface area contributed by atoms with Crippen molar-refractivity contribution in [1.29, 1.82) is 0 Å². The lowest BCUT2D eigenvalue weighted by Crippen LogP contribution is -2.23. The van der Waals surface area contributed by atoms with Gasteiger partial charge >= 0.3 is 0 Å². The summed E-state index contributed by atoms with van der Waals surface area (Å²) >= 11 is 0. The van der Waals surface area contributed by atoms with E-state index in [1.54, 1.807) is 36.4 Å². The zero-order chi connectivity index (χ0) is 20.2. The van der Waals surface area contributed by atoms with Crippen LogP contribution in [0.1, 0.15) is 12.8 Å². The van der Waals surface area contributed by atoms with Gasteiger partial charge < -0.3 is 14.8 Å². The number of amides is 1. The van der Waals surface area contributed by atoms with Gasteiger partial charge in [0.2, 0.25) is 12.7 Å². The van der Waals surface area contributed by atoms with E-state index in [0.717, 1.165) is 0 Å². The van der Waals surface area contributed by atoms with Crippen molar-refractivity contribution < 1.29 is 18.7 Å². The van der Waals surface area contributed by atoms with Crippen molar-refractivity contribution >= 4 is 11.6 Å². The van der Waals surface area contributed by atoms with Gasteiger partial charge in [-0.1, -0.05) is 0 Å². The number of rotatable bonds is 6. The van der Waals surface area contributed by atoms with E-state index >= 15 is 0 Å². The van der Waals surface area contributed by atoms with E-state index in [4.69, 9.17) is 9.47 Å². The maximum absolute atomic E-state index is 13.1. The number of anilines is 1. The zero-order valence-electron chi connectivity index (χ0n) is 15.4. The molecule has 0 aliphatic carbocycles. The average Bonchev–Trinajstić information content (AvgIpc) is 3.18. The number of ether oxygens (including phenoxy) is 2. The number of hydrogen-bond acceptors (Lipinski definition) is 5. The molecule has 0 saturated heterocycles. The van der Waals surface area contributed by atoms with Gasteiger partial charge in [0.05, 0.1) is 5.69 Å². The molecule has 1 aliphatic rings. The first-order valence-corrected chi connectivity index (χ1v) is 9.12. The number of benzene rings is 2. The standard InChI is InChI=1S/C21H18FN3O4/c22-15-5-3-14(4-6-15)17-8-10-21(27)25(24-17)11-1-2-20(26)23-16-7-9-18-19(12-16)29-13-28-18/h3-10,12H,1-2,11,13H2,(H,23,26). The van der Waals surface area contributed by atoms with Crippen LogP contribution in [-0.2, 0) is 11.3 Å². The molecule has 0 fully saturated rings. The van der Waals surface area contributed by atoms with Crippen LogP contribution in [-0.4, -0.2) is 22.5 Å². The Labute approximate surface area is 165 Å². The van der Waals surface area contributed by atoms with Gasteiger partial charge in [-0.05, 0) is 48.9 Å². The van der Waals surface area contributed by atoms with E-state index in [1.807, 2.05) is 0 Å². The molecular weight excluding hydrogens is 377 g/mol. The number of nitrogens with zero attached hydrogens (tertiary/aromatic N) is 2. The Morgan fingerprint density at radius 2 is 1.86 bits per heavy atom. The van der Waals surface area contributed by atoms with Gasteiger partial charge in [0.15, 0.2) is 11.5 Å². The Morgan fingerprint density at radius 1 is 1.07 bits per heavy atom. The molecule has 8 heteroatoms. The highest BCUT2D eigenvalue weighted by Crippen LogP contribution is 2.34. The van der Waals surface area contributed by atoms with Gasteiger partial charge in [0.25, 0.3) is 5.56 Å². The van der Waals surface area contributed by atoms with Crippen molar-refractivity contribution in [2.75, 3.05) is 12.1 Å². The number of carbonyl (C=O) groups excluding carboxylic acids is 1. The SMILES string of the molecule is O=C(CCCn1nc(-c2ccc(F)cc2)ccc1=O)Nc1ccc2c(c1)OCO2. The quantitative estimate of drug-likeness (QED) is 0.693. The fraction of sp³-hybridized carbons (Fsp3) is 0.190. The minimum absolute atomic E-state index is 0.172. The molecule has 148 valence electrons. The molecule has 3 aromatic rings. The van der Waals surface area contributed by atoms with E-state index in [9.17, 15) is 14.0 Å². The highest BCUT2D eigenvalue weighted by molar-refractivity contribution is 5.91. The van der Waals surface area contributed by atoms with Crippen LogP contribution in [0.25, 0.3) is 11.3 Å². The lowest BCUT2D eigenvalue weighted by atomic mass is 10.1. The second-order valence-corrected chi connectivity index (χ2v) is 6.51. The summed E-state index contributed by atoms with van der Waals surface area (Å²) in [6.45, 7) is 0.466. The molecule has 0 unspecified atom stereocenters. The van der Waals surface area contributed by atoms with Crippen LogP contribution in [0.5, 0.6) is 11.5 Å². The molecule has 1 aliphatic heterocycles. The van der Waals surface area contributed by atoms with Gasteiger partial charge in [0.1, 0.15) is 5.82 Å². The molecule has 2 aromatic carbocycles. The van der Waals surface area contributed by atoms with Crippen LogP contribution in [0.3, 0.4) is 0 Å². The maximum atomic E-state index is 13.1. The Hall–Kier alpha value is -3.68. The first kappa shape index (κ1) is 18.7. The summed E-state index contributed by atoms with van der Waals surface area (Å²) in [5.41, 5.74) is 1.63. The van der Waals surface area contributed by atoms with Crippen molar-refractivity contribution in [2.24, 2.45) is 0 Å². The Kier molecular flexibility index (Phi) is 5.24. The molecule has 1 amide bonds. The second-order valence-electron chi connectivity index (χ2n) is 6.51. The fourth-order valence-corrected chi connectivity index (χ4v) is 2.97. The monoisotopic (exact) mass is 395 g/mol. The van der Waals surface area contributed by atoms with Crippen LogP contribution in [0, 0.1) is 5.82 Å².